The lowest BCUT2D eigenvalue weighted by Gasteiger charge is -2.28. The summed E-state index contributed by atoms with van der Waals surface area (Å²) in [6.45, 7) is 4.91. The van der Waals surface area contributed by atoms with Gasteiger partial charge in [0.25, 0.3) is 5.91 Å². The van der Waals surface area contributed by atoms with Gasteiger partial charge in [0, 0.05) is 12.1 Å². The highest BCUT2D eigenvalue weighted by molar-refractivity contribution is 7.07. The molecule has 1 aliphatic rings. The van der Waals surface area contributed by atoms with Crippen molar-refractivity contribution in [2.45, 2.75) is 38.8 Å². The molecule has 2 heterocycles. The van der Waals surface area contributed by atoms with E-state index in [0.29, 0.717) is 16.6 Å². The van der Waals surface area contributed by atoms with Crippen LogP contribution in [0.4, 0.5) is 0 Å². The van der Waals surface area contributed by atoms with Crippen LogP contribution in [0.5, 0.6) is 0 Å². The van der Waals surface area contributed by atoms with Crippen LogP contribution in [-0.4, -0.2) is 34.1 Å². The summed E-state index contributed by atoms with van der Waals surface area (Å²) < 4.78 is 3.77. The molecule has 2 atom stereocenters. The smallest absolute Gasteiger partial charge is 0.265 e. The number of aryl methyl sites for hydroxylation is 1. The molecule has 2 N–H and O–H groups in total. The lowest BCUT2D eigenvalue weighted by molar-refractivity contribution is 0.0929. The quantitative estimate of drug-likeness (QED) is 0.799. The summed E-state index contributed by atoms with van der Waals surface area (Å²) in [4.78, 5) is 12.5. The van der Waals surface area contributed by atoms with Crippen LogP contribution in [-0.2, 0) is 0 Å². The van der Waals surface area contributed by atoms with Crippen LogP contribution < -0.4 is 10.6 Å². The molecular formula is C10H16N4OS. The molecule has 5 nitrogen and oxygen atoms in total. The summed E-state index contributed by atoms with van der Waals surface area (Å²) in [5.41, 5.74) is 0.712. The number of aromatic nitrogens is 2. The fourth-order valence-corrected chi connectivity index (χ4v) is 2.51. The average molecular weight is 240 g/mol. The molecule has 0 spiro atoms. The van der Waals surface area contributed by atoms with Crippen LogP contribution in [0.1, 0.15) is 35.1 Å². The Kier molecular flexibility index (Phi) is 3.50. The van der Waals surface area contributed by atoms with E-state index in [9.17, 15) is 4.79 Å². The minimum Gasteiger partial charge on any atom is -0.348 e. The van der Waals surface area contributed by atoms with Gasteiger partial charge in [0.2, 0.25) is 0 Å². The molecule has 0 aromatic carbocycles. The second kappa shape index (κ2) is 4.88. The maximum atomic E-state index is 11.9. The number of hydrogen-bond donors (Lipinski definition) is 2. The molecule has 88 valence electrons. The first-order chi connectivity index (χ1) is 7.66. The van der Waals surface area contributed by atoms with Gasteiger partial charge in [-0.05, 0) is 44.8 Å². The molecule has 2 rings (SSSR count). The van der Waals surface area contributed by atoms with Gasteiger partial charge >= 0.3 is 0 Å². The Morgan fingerprint density at radius 2 is 2.44 bits per heavy atom. The molecule has 1 aromatic heterocycles. The highest BCUT2D eigenvalue weighted by Crippen LogP contribution is 2.12. The number of nitrogens with zero attached hydrogens (tertiary/aromatic N) is 2. The fraction of sp³-hybridized carbons (Fsp3) is 0.700. The molecule has 6 heteroatoms. The molecule has 1 fully saturated rings. The van der Waals surface area contributed by atoms with Crippen LogP contribution in [0.2, 0.25) is 0 Å². The number of carbonyl (C=O) groups is 1. The van der Waals surface area contributed by atoms with Gasteiger partial charge in [0.05, 0.1) is 5.69 Å². The molecule has 1 amide bonds. The Hall–Kier alpha value is -1.01. The highest BCUT2D eigenvalue weighted by atomic mass is 32.1. The Bertz CT molecular complexity index is 379. The van der Waals surface area contributed by atoms with E-state index in [4.69, 9.17) is 0 Å². The predicted molar refractivity (Wildman–Crippen MR) is 62.6 cm³/mol. The molecule has 16 heavy (non-hydrogen) atoms. The van der Waals surface area contributed by atoms with E-state index in [-0.39, 0.29) is 11.9 Å². The van der Waals surface area contributed by atoms with Crippen LogP contribution in [0.3, 0.4) is 0 Å². The van der Waals surface area contributed by atoms with Crippen LogP contribution in [0.25, 0.3) is 0 Å². The van der Waals surface area contributed by atoms with E-state index in [2.05, 4.69) is 27.1 Å². The van der Waals surface area contributed by atoms with Crippen molar-refractivity contribution in [1.82, 2.24) is 20.2 Å². The minimum absolute atomic E-state index is 0.0356. The maximum absolute atomic E-state index is 11.9. The van der Waals surface area contributed by atoms with E-state index in [1.807, 2.05) is 6.92 Å². The van der Waals surface area contributed by atoms with E-state index in [1.165, 1.54) is 0 Å². The summed E-state index contributed by atoms with van der Waals surface area (Å²) >= 11 is 1.16. The summed E-state index contributed by atoms with van der Waals surface area (Å²) in [7, 11) is 0. The second-order valence-corrected chi connectivity index (χ2v) is 4.99. The van der Waals surface area contributed by atoms with Gasteiger partial charge < -0.3 is 10.6 Å². The third-order valence-electron chi connectivity index (χ3n) is 2.82. The summed E-state index contributed by atoms with van der Waals surface area (Å²) in [5, 5.41) is 10.2. The zero-order valence-electron chi connectivity index (χ0n) is 9.49. The van der Waals surface area contributed by atoms with Gasteiger partial charge in [-0.1, -0.05) is 4.49 Å². The fourth-order valence-electron chi connectivity index (χ4n) is 1.95. The summed E-state index contributed by atoms with van der Waals surface area (Å²) in [6, 6.07) is 0.741. The van der Waals surface area contributed by atoms with Gasteiger partial charge in [-0.2, -0.15) is 0 Å². The number of hydrogen-bond acceptors (Lipinski definition) is 5. The predicted octanol–water partition coefficient (Wildman–Crippen LogP) is 0.717. The standard InChI is InChI=1S/C10H16N4OS/c1-6-5-8(3-4-11-6)12-10(15)9-7(2)13-14-16-9/h6,8,11H,3-5H2,1-2H3,(H,12,15). The second-order valence-electron chi connectivity index (χ2n) is 4.24. The minimum atomic E-state index is -0.0356. The Morgan fingerprint density at radius 1 is 1.62 bits per heavy atom. The third kappa shape index (κ3) is 2.56. The third-order valence-corrected chi connectivity index (χ3v) is 3.64. The van der Waals surface area contributed by atoms with Crippen molar-refractivity contribution in [1.29, 1.82) is 0 Å². The molecule has 1 aliphatic heterocycles. The Morgan fingerprint density at radius 3 is 3.06 bits per heavy atom. The zero-order chi connectivity index (χ0) is 11.5. The molecule has 0 aliphatic carbocycles. The van der Waals surface area contributed by atoms with Gasteiger partial charge in [-0.25, -0.2) is 0 Å². The van der Waals surface area contributed by atoms with Gasteiger partial charge in [-0.3, -0.25) is 4.79 Å². The van der Waals surface area contributed by atoms with Gasteiger partial charge in [0.15, 0.2) is 0 Å². The first kappa shape index (κ1) is 11.5. The van der Waals surface area contributed by atoms with E-state index in [1.54, 1.807) is 0 Å². The van der Waals surface area contributed by atoms with Crippen LogP contribution >= 0.6 is 11.5 Å². The van der Waals surface area contributed by atoms with Crippen molar-refractivity contribution in [2.24, 2.45) is 0 Å². The lowest BCUT2D eigenvalue weighted by atomic mass is 10.0. The van der Waals surface area contributed by atoms with Crippen LogP contribution in [0, 0.1) is 6.92 Å². The maximum Gasteiger partial charge on any atom is 0.265 e. The number of nitrogens with one attached hydrogen (secondary N) is 2. The Labute approximate surface area is 98.8 Å². The molecule has 0 radical (unpaired) electrons. The normalized spacial score (nSPS) is 25.4. The van der Waals surface area contributed by atoms with E-state index in [0.717, 1.165) is 30.9 Å². The van der Waals surface area contributed by atoms with Crippen molar-refractivity contribution in [3.8, 4) is 0 Å². The van der Waals surface area contributed by atoms with Crippen molar-refractivity contribution in [3.63, 3.8) is 0 Å². The highest BCUT2D eigenvalue weighted by Gasteiger charge is 2.22. The SMILES string of the molecule is Cc1nnsc1C(=O)NC1CCNC(C)C1. The van der Waals surface area contributed by atoms with Crippen molar-refractivity contribution in [3.05, 3.63) is 10.6 Å². The topological polar surface area (TPSA) is 66.9 Å². The number of piperidine rings is 1. The molecule has 0 bridgehead atoms. The largest absolute Gasteiger partial charge is 0.348 e. The number of carbonyl (C=O) groups excluding carboxylic acids is 1. The lowest BCUT2D eigenvalue weighted by Crippen LogP contribution is -2.46. The van der Waals surface area contributed by atoms with Crippen molar-refractivity contribution in [2.75, 3.05) is 6.54 Å². The summed E-state index contributed by atoms with van der Waals surface area (Å²) in [5.74, 6) is -0.0356. The van der Waals surface area contributed by atoms with Crippen molar-refractivity contribution < 1.29 is 4.79 Å². The molecule has 0 saturated carbocycles. The number of amides is 1. The van der Waals surface area contributed by atoms with Gasteiger partial charge in [-0.15, -0.1) is 5.10 Å². The first-order valence-corrected chi connectivity index (χ1v) is 6.27. The molecular weight excluding hydrogens is 224 g/mol. The number of rotatable bonds is 2. The van der Waals surface area contributed by atoms with Crippen LogP contribution in [0.15, 0.2) is 0 Å². The van der Waals surface area contributed by atoms with Crippen molar-refractivity contribution >= 4 is 17.4 Å². The van der Waals surface area contributed by atoms with Gasteiger partial charge in [0.1, 0.15) is 4.88 Å². The molecule has 1 aromatic rings. The van der Waals surface area contributed by atoms with E-state index >= 15 is 0 Å². The monoisotopic (exact) mass is 240 g/mol. The average Bonchev–Trinajstić information content (AvgIpc) is 2.64. The Balaban J connectivity index is 1.95. The zero-order valence-corrected chi connectivity index (χ0v) is 10.3. The first-order valence-electron chi connectivity index (χ1n) is 5.50. The van der Waals surface area contributed by atoms with E-state index < -0.39 is 0 Å². The molecule has 1 saturated heterocycles. The summed E-state index contributed by atoms with van der Waals surface area (Å²) in [6.07, 6.45) is 1.97. The molecule has 2 unspecified atom stereocenters.